The maximum atomic E-state index is 5.91. The molecule has 0 amide bonds. The minimum Gasteiger partial charge on any atom is -0.246 e. The van der Waals surface area contributed by atoms with Crippen molar-refractivity contribution in [1.29, 1.82) is 0 Å². The summed E-state index contributed by atoms with van der Waals surface area (Å²) in [6, 6.07) is 0. The van der Waals surface area contributed by atoms with E-state index >= 15 is 0 Å². The zero-order valence-electron chi connectivity index (χ0n) is 48.8. The van der Waals surface area contributed by atoms with Gasteiger partial charge in [0.25, 0.3) is 0 Å². The van der Waals surface area contributed by atoms with Crippen molar-refractivity contribution in [3.63, 3.8) is 0 Å². The summed E-state index contributed by atoms with van der Waals surface area (Å²) in [6.07, 6.45) is 0. The first kappa shape index (κ1) is 52.3. The maximum absolute atomic E-state index is 5.91. The Morgan fingerprint density at radius 2 is 0.278 bits per heavy atom. The van der Waals surface area contributed by atoms with Gasteiger partial charge in [-0.05, 0) is 43.8 Å². The van der Waals surface area contributed by atoms with E-state index in [1.165, 1.54) is 186 Å². The van der Waals surface area contributed by atoms with Gasteiger partial charge in [0, 0.05) is 0 Å². The molecule has 0 spiro atoms. The number of nitrogens with zero attached hydrogens (tertiary/aromatic N) is 4. The van der Waals surface area contributed by atoms with Crippen LogP contribution in [0.4, 0.5) is 0 Å². The Hall–Kier alpha value is -4.57. The molecule has 0 N–H and O–H groups in total. The minimum absolute atomic E-state index is 0.982. The number of hydrogen-bond acceptors (Lipinski definition) is 4. The summed E-state index contributed by atoms with van der Waals surface area (Å²) < 4.78 is 0. The summed E-state index contributed by atoms with van der Waals surface area (Å²) >= 11 is 0. The number of benzene rings is 5. The van der Waals surface area contributed by atoms with Gasteiger partial charge >= 0.3 is 0 Å². The molecule has 0 saturated heterocycles. The molecule has 0 aliphatic carbocycles. The lowest BCUT2D eigenvalue weighted by molar-refractivity contribution is 1.40. The summed E-state index contributed by atoms with van der Waals surface area (Å²) in [5.41, 5.74) is 46.4. The van der Waals surface area contributed by atoms with Crippen molar-refractivity contribution in [3.8, 4) is 45.0 Å². The van der Waals surface area contributed by atoms with Crippen molar-refractivity contribution in [2.45, 2.75) is 0 Å². The highest BCUT2D eigenvalue weighted by Crippen LogP contribution is 2.25. The molecule has 0 radical (unpaired) electrons. The Bertz CT molecular complexity index is 3750. The van der Waals surface area contributed by atoms with Crippen LogP contribution in [-0.2, 0) is 0 Å². The van der Waals surface area contributed by atoms with Crippen LogP contribution in [0.25, 0.3) is 88.6 Å². The molecule has 5 aromatic carbocycles. The quantitative estimate of drug-likeness (QED) is 0.130. The summed E-state index contributed by atoms with van der Waals surface area (Å²) in [5, 5.41) is 4.87. The molecule has 4 heterocycles. The van der Waals surface area contributed by atoms with E-state index in [-0.39, 0.29) is 0 Å². The predicted octanol–water partition coefficient (Wildman–Crippen LogP) is -34.7. The van der Waals surface area contributed by atoms with Crippen LogP contribution in [-0.4, -0.2) is 224 Å². The number of rotatable bonds is 4. The molecule has 0 aliphatic heterocycles. The lowest BCUT2D eigenvalue weighted by Crippen LogP contribution is -2.56. The smallest absolute Gasteiger partial charge is 0.141 e. The van der Waals surface area contributed by atoms with Gasteiger partial charge in [-0.2, -0.15) is 0 Å². The minimum atomic E-state index is 0.982. The zero-order valence-corrected chi connectivity index (χ0v) is 48.8. The van der Waals surface area contributed by atoms with E-state index in [9.17, 15) is 0 Å². The molecule has 4 nitrogen and oxygen atoms in total. The van der Waals surface area contributed by atoms with Crippen molar-refractivity contribution in [2.75, 3.05) is 0 Å². The number of fused-ring (bicyclic) bond motifs is 6. The molecule has 72 heavy (non-hydrogen) atoms. The van der Waals surface area contributed by atoms with E-state index in [2.05, 4.69) is 204 Å². The average Bonchev–Trinajstić information content (AvgIpc) is 3.34. The Morgan fingerprint density at radius 1 is 0.139 bits per heavy atom. The predicted molar refractivity (Wildman–Crippen MR) is 402 cm³/mol. The third-order valence-electron chi connectivity index (χ3n) is 19.7. The second-order valence-corrected chi connectivity index (χ2v) is 22.5. The SMILES string of the molecule is Bc1c(B)c(B)c(-c2nc3c(c(B)c2B)c(B)c(B)c2c(B)c(B)c(-c4c(B)c(B)c(B)c(-c5nc6c(c(B)c5B)c(B)c(B)c5c(B)c(B)c(-c7c(B)c(B)c(B)c(B)c7B)nc56)c4B)nc23)c(B)c1B. The highest BCUT2D eigenvalue weighted by atomic mass is 14.8. The van der Waals surface area contributed by atoms with Crippen LogP contribution in [0.3, 0.4) is 0 Å². The second-order valence-electron chi connectivity index (χ2n) is 22.5. The molecule has 4 aromatic heterocycles. The molecule has 9 aromatic rings. The Balaban J connectivity index is 1.39. The Kier molecular flexibility index (Phi) is 13.1. The molecule has 30 heteroatoms. The van der Waals surface area contributed by atoms with E-state index in [1.807, 2.05) is 0 Å². The first-order valence-corrected chi connectivity index (χ1v) is 26.3. The van der Waals surface area contributed by atoms with Crippen LogP contribution in [0.5, 0.6) is 0 Å². The van der Waals surface area contributed by atoms with Crippen molar-refractivity contribution in [2.24, 2.45) is 0 Å². The molecule has 0 saturated carbocycles. The summed E-state index contributed by atoms with van der Waals surface area (Å²) in [5.74, 6) is 0. The number of hydrogen-bond donors (Lipinski definition) is 0. The third kappa shape index (κ3) is 7.11. The standard InChI is InChI=1S/C42H52B26N4/c43-9-1(35-31(65)20(54)5-10(44)12(46)7-22(56)33(67)37(71-41(7)39(5)69-35)3-16(50)25(59)29(63)26(60)17(3)51)14(48)24(58)15(49)2(9)36-32(66)21(55)6-11(45)13(47)8-23(57)34(68)38(72-42(8)40(6)70-36)4-18(52)27(61)30(64)28(62)19(4)53/h43-68H2. The lowest BCUT2D eigenvalue weighted by atomic mass is 9.59. The van der Waals surface area contributed by atoms with Gasteiger partial charge in [0.1, 0.15) is 204 Å². The van der Waals surface area contributed by atoms with Gasteiger partial charge in [-0.1, -0.05) is 104 Å². The Morgan fingerprint density at radius 3 is 0.472 bits per heavy atom. The molecule has 0 atom stereocenters. The highest BCUT2D eigenvalue weighted by Gasteiger charge is 2.28. The number of aromatic nitrogens is 4. The molecule has 0 aliphatic rings. The van der Waals surface area contributed by atoms with E-state index in [0.29, 0.717) is 0 Å². The van der Waals surface area contributed by atoms with Crippen molar-refractivity contribution < 1.29 is 0 Å². The van der Waals surface area contributed by atoms with Crippen LogP contribution < -0.4 is 142 Å². The van der Waals surface area contributed by atoms with Crippen LogP contribution in [0.1, 0.15) is 0 Å². The maximum Gasteiger partial charge on any atom is 0.141 e. The van der Waals surface area contributed by atoms with Crippen LogP contribution in [0.15, 0.2) is 0 Å². The van der Waals surface area contributed by atoms with Gasteiger partial charge in [-0.3, -0.25) is 0 Å². The third-order valence-corrected chi connectivity index (χ3v) is 19.7. The molecule has 9 rings (SSSR count). The monoisotopic (exact) mass is 899 g/mol. The highest BCUT2D eigenvalue weighted by molar-refractivity contribution is 6.74. The van der Waals surface area contributed by atoms with Gasteiger partial charge in [0.2, 0.25) is 0 Å². The fraction of sp³-hybridized carbons (Fsp3) is 0. The summed E-state index contributed by atoms with van der Waals surface area (Å²) in [7, 11) is 59.3. The van der Waals surface area contributed by atoms with Crippen LogP contribution >= 0.6 is 0 Å². The summed E-state index contributed by atoms with van der Waals surface area (Å²) in [4.78, 5) is 23.4. The Labute approximate surface area is 451 Å². The molecule has 0 unspecified atom stereocenters. The van der Waals surface area contributed by atoms with Crippen molar-refractivity contribution >= 4 is 390 Å². The first-order chi connectivity index (χ1) is 33.6. The average molecular weight is 894 g/mol. The van der Waals surface area contributed by atoms with Crippen LogP contribution in [0, 0.1) is 0 Å². The van der Waals surface area contributed by atoms with Gasteiger partial charge in [-0.25, -0.2) is 19.9 Å². The summed E-state index contributed by atoms with van der Waals surface area (Å²) in [6.45, 7) is 0. The molecule has 0 bridgehead atoms. The van der Waals surface area contributed by atoms with Gasteiger partial charge < -0.3 is 0 Å². The van der Waals surface area contributed by atoms with E-state index in [4.69, 9.17) is 19.9 Å². The largest absolute Gasteiger partial charge is 0.246 e. The topological polar surface area (TPSA) is 51.6 Å². The van der Waals surface area contributed by atoms with Crippen molar-refractivity contribution in [3.05, 3.63) is 0 Å². The lowest BCUT2D eigenvalue weighted by Gasteiger charge is -2.27. The van der Waals surface area contributed by atoms with Gasteiger partial charge in [-0.15, -0.1) is 38.2 Å². The second kappa shape index (κ2) is 18.1. The fourth-order valence-electron chi connectivity index (χ4n) is 13.2. The van der Waals surface area contributed by atoms with Crippen molar-refractivity contribution in [1.82, 2.24) is 19.9 Å². The molecule has 318 valence electrons. The van der Waals surface area contributed by atoms with Gasteiger partial charge in [0.15, 0.2) is 0 Å². The zero-order chi connectivity index (χ0) is 53.1. The first-order valence-electron chi connectivity index (χ1n) is 26.3. The number of pyridine rings is 4. The molecular weight excluding hydrogens is 842 g/mol. The van der Waals surface area contributed by atoms with Crippen LogP contribution in [0.2, 0.25) is 0 Å². The van der Waals surface area contributed by atoms with E-state index in [0.717, 1.165) is 44.8 Å². The van der Waals surface area contributed by atoms with E-state index < -0.39 is 0 Å². The molecule has 0 fully saturated rings. The molecular formula is C42H52B26N4. The van der Waals surface area contributed by atoms with Gasteiger partial charge in [0.05, 0.1) is 44.8 Å². The normalized spacial score (nSPS) is 11.7. The van der Waals surface area contributed by atoms with E-state index in [1.54, 1.807) is 0 Å². The fourth-order valence-corrected chi connectivity index (χ4v) is 13.2.